The largest absolute Gasteiger partial charge is 0.335 e. The van der Waals surface area contributed by atoms with Crippen LogP contribution in [0.1, 0.15) is 22.8 Å². The lowest BCUT2D eigenvalue weighted by molar-refractivity contribution is 0.0752. The first-order chi connectivity index (χ1) is 9.61. The molecule has 20 heavy (non-hydrogen) atoms. The number of carbonyl (C=O) groups excluding carboxylic acids is 1. The Morgan fingerprint density at radius 1 is 1.20 bits per heavy atom. The number of amides is 1. The zero-order chi connectivity index (χ0) is 14.5. The maximum Gasteiger partial charge on any atom is 0.254 e. The second-order valence-corrected chi connectivity index (χ2v) is 5.74. The van der Waals surface area contributed by atoms with Crippen LogP contribution in [0.15, 0.2) is 53.0 Å². The van der Waals surface area contributed by atoms with E-state index in [1.54, 1.807) is 4.90 Å². The summed E-state index contributed by atoms with van der Waals surface area (Å²) in [6.07, 6.45) is 0. The highest BCUT2D eigenvalue weighted by Crippen LogP contribution is 2.19. The Balaban J connectivity index is 2.20. The number of benzene rings is 2. The van der Waals surface area contributed by atoms with Crippen molar-refractivity contribution in [2.45, 2.75) is 13.5 Å². The Morgan fingerprint density at radius 3 is 2.60 bits per heavy atom. The minimum absolute atomic E-state index is 0.00807. The van der Waals surface area contributed by atoms with Crippen LogP contribution >= 0.6 is 27.5 Å². The van der Waals surface area contributed by atoms with Crippen LogP contribution in [0, 0.1) is 0 Å². The van der Waals surface area contributed by atoms with Gasteiger partial charge in [0.05, 0.1) is 0 Å². The summed E-state index contributed by atoms with van der Waals surface area (Å²) in [5.41, 5.74) is 1.63. The molecule has 0 N–H and O–H groups in total. The topological polar surface area (TPSA) is 20.3 Å². The monoisotopic (exact) mass is 351 g/mol. The van der Waals surface area contributed by atoms with Crippen molar-refractivity contribution in [2.75, 3.05) is 6.54 Å². The molecule has 0 saturated carbocycles. The molecule has 0 bridgehead atoms. The van der Waals surface area contributed by atoms with Gasteiger partial charge in [0.2, 0.25) is 0 Å². The minimum Gasteiger partial charge on any atom is -0.335 e. The molecule has 2 aromatic carbocycles. The molecule has 0 fully saturated rings. The lowest BCUT2D eigenvalue weighted by atomic mass is 10.1. The van der Waals surface area contributed by atoms with Crippen LogP contribution in [0.2, 0.25) is 5.02 Å². The molecule has 0 atom stereocenters. The van der Waals surface area contributed by atoms with E-state index in [1.807, 2.05) is 55.5 Å². The third-order valence-corrected chi connectivity index (χ3v) is 3.92. The quantitative estimate of drug-likeness (QED) is 0.776. The van der Waals surface area contributed by atoms with Gasteiger partial charge in [0.25, 0.3) is 5.91 Å². The number of hydrogen-bond donors (Lipinski definition) is 0. The third kappa shape index (κ3) is 3.62. The first kappa shape index (κ1) is 15.1. The van der Waals surface area contributed by atoms with Crippen LogP contribution in [0.5, 0.6) is 0 Å². The predicted molar refractivity (Wildman–Crippen MR) is 86.0 cm³/mol. The summed E-state index contributed by atoms with van der Waals surface area (Å²) in [4.78, 5) is 14.3. The average molecular weight is 353 g/mol. The highest BCUT2D eigenvalue weighted by Gasteiger charge is 2.15. The second kappa shape index (κ2) is 6.91. The van der Waals surface area contributed by atoms with E-state index in [1.165, 1.54) is 0 Å². The maximum atomic E-state index is 12.5. The summed E-state index contributed by atoms with van der Waals surface area (Å²) in [5.74, 6) is 0.00807. The van der Waals surface area contributed by atoms with E-state index in [0.717, 1.165) is 10.0 Å². The van der Waals surface area contributed by atoms with Crippen LogP contribution in [-0.2, 0) is 6.54 Å². The Kier molecular flexibility index (Phi) is 5.21. The molecule has 0 spiro atoms. The predicted octanol–water partition coefficient (Wildman–Crippen LogP) is 4.76. The summed E-state index contributed by atoms with van der Waals surface area (Å²) in [5, 5.41) is 0.688. The van der Waals surface area contributed by atoms with Gasteiger partial charge in [-0.2, -0.15) is 0 Å². The standard InChI is InChI=1S/C16H15BrClNO/c1-2-19(11-13-6-3-4-9-15(13)18)16(20)12-7-5-8-14(17)10-12/h3-10H,2,11H2,1H3. The van der Waals surface area contributed by atoms with E-state index in [2.05, 4.69) is 15.9 Å². The van der Waals surface area contributed by atoms with Gasteiger partial charge in [0.15, 0.2) is 0 Å². The maximum absolute atomic E-state index is 12.5. The van der Waals surface area contributed by atoms with E-state index in [9.17, 15) is 4.79 Å². The van der Waals surface area contributed by atoms with Crippen molar-refractivity contribution in [1.29, 1.82) is 0 Å². The summed E-state index contributed by atoms with van der Waals surface area (Å²) in [6.45, 7) is 3.12. The fraction of sp³-hybridized carbons (Fsp3) is 0.188. The van der Waals surface area contributed by atoms with E-state index in [-0.39, 0.29) is 5.91 Å². The second-order valence-electron chi connectivity index (χ2n) is 4.42. The molecule has 0 aliphatic rings. The number of rotatable bonds is 4. The van der Waals surface area contributed by atoms with Gasteiger partial charge in [-0.15, -0.1) is 0 Å². The van der Waals surface area contributed by atoms with Crippen LogP contribution in [0.3, 0.4) is 0 Å². The summed E-state index contributed by atoms with van der Waals surface area (Å²) < 4.78 is 0.900. The number of hydrogen-bond acceptors (Lipinski definition) is 1. The average Bonchev–Trinajstić information content (AvgIpc) is 2.46. The number of carbonyl (C=O) groups is 1. The normalized spacial score (nSPS) is 10.3. The van der Waals surface area contributed by atoms with Gasteiger partial charge < -0.3 is 4.90 Å². The fourth-order valence-electron chi connectivity index (χ4n) is 1.96. The molecule has 0 unspecified atom stereocenters. The van der Waals surface area contributed by atoms with Gasteiger partial charge >= 0.3 is 0 Å². The molecular formula is C16H15BrClNO. The summed E-state index contributed by atoms with van der Waals surface area (Å²) in [6, 6.07) is 15.0. The van der Waals surface area contributed by atoms with Gasteiger partial charge in [0.1, 0.15) is 0 Å². The van der Waals surface area contributed by atoms with Crippen molar-refractivity contribution >= 4 is 33.4 Å². The van der Waals surface area contributed by atoms with Crippen molar-refractivity contribution in [3.63, 3.8) is 0 Å². The highest BCUT2D eigenvalue weighted by atomic mass is 79.9. The van der Waals surface area contributed by atoms with Crippen LogP contribution < -0.4 is 0 Å². The Labute approximate surface area is 132 Å². The Bertz CT molecular complexity index is 615. The van der Waals surface area contributed by atoms with Crippen molar-refractivity contribution in [1.82, 2.24) is 4.90 Å². The molecule has 2 rings (SSSR count). The van der Waals surface area contributed by atoms with Crippen molar-refractivity contribution in [3.8, 4) is 0 Å². The van der Waals surface area contributed by atoms with E-state index < -0.39 is 0 Å². The molecule has 2 aromatic rings. The van der Waals surface area contributed by atoms with Gasteiger partial charge in [-0.25, -0.2) is 0 Å². The molecule has 4 heteroatoms. The first-order valence-corrected chi connectivity index (χ1v) is 7.57. The van der Waals surface area contributed by atoms with Crippen LogP contribution in [0.25, 0.3) is 0 Å². The zero-order valence-corrected chi connectivity index (χ0v) is 13.5. The van der Waals surface area contributed by atoms with E-state index >= 15 is 0 Å². The smallest absolute Gasteiger partial charge is 0.254 e. The minimum atomic E-state index is 0.00807. The molecule has 0 aliphatic heterocycles. The molecular weight excluding hydrogens is 338 g/mol. The molecule has 2 nitrogen and oxygen atoms in total. The first-order valence-electron chi connectivity index (χ1n) is 6.40. The Morgan fingerprint density at radius 2 is 1.95 bits per heavy atom. The summed E-state index contributed by atoms with van der Waals surface area (Å²) in [7, 11) is 0. The molecule has 1 amide bonds. The number of halogens is 2. The van der Waals surface area contributed by atoms with E-state index in [0.29, 0.717) is 23.7 Å². The fourth-order valence-corrected chi connectivity index (χ4v) is 2.56. The van der Waals surface area contributed by atoms with E-state index in [4.69, 9.17) is 11.6 Å². The SMILES string of the molecule is CCN(Cc1ccccc1Cl)C(=O)c1cccc(Br)c1. The van der Waals surface area contributed by atoms with Crippen molar-refractivity contribution in [3.05, 3.63) is 69.2 Å². The zero-order valence-electron chi connectivity index (χ0n) is 11.1. The number of nitrogens with zero attached hydrogens (tertiary/aromatic N) is 1. The lowest BCUT2D eigenvalue weighted by Gasteiger charge is -2.21. The lowest BCUT2D eigenvalue weighted by Crippen LogP contribution is -2.30. The van der Waals surface area contributed by atoms with Crippen LogP contribution in [0.4, 0.5) is 0 Å². The molecule has 0 heterocycles. The third-order valence-electron chi connectivity index (χ3n) is 3.06. The van der Waals surface area contributed by atoms with Gasteiger partial charge in [-0.3, -0.25) is 4.79 Å². The molecule has 0 aromatic heterocycles. The highest BCUT2D eigenvalue weighted by molar-refractivity contribution is 9.10. The molecule has 0 radical (unpaired) electrons. The molecule has 0 aliphatic carbocycles. The Hall–Kier alpha value is -1.32. The molecule has 104 valence electrons. The van der Waals surface area contributed by atoms with Crippen molar-refractivity contribution < 1.29 is 4.79 Å². The molecule has 0 saturated heterocycles. The summed E-state index contributed by atoms with van der Waals surface area (Å²) >= 11 is 9.54. The van der Waals surface area contributed by atoms with Gasteiger partial charge in [-0.05, 0) is 36.8 Å². The van der Waals surface area contributed by atoms with Crippen LogP contribution in [-0.4, -0.2) is 17.4 Å². The van der Waals surface area contributed by atoms with Crippen molar-refractivity contribution in [2.24, 2.45) is 0 Å². The van der Waals surface area contributed by atoms with Gasteiger partial charge in [0, 0.05) is 28.1 Å². The van der Waals surface area contributed by atoms with Gasteiger partial charge in [-0.1, -0.05) is 51.8 Å².